The first-order valence-electron chi connectivity index (χ1n) is 8.47. The molecular formula is C19H20N4OS. The van der Waals surface area contributed by atoms with Crippen molar-refractivity contribution in [3.63, 3.8) is 0 Å². The molecule has 128 valence electrons. The van der Waals surface area contributed by atoms with E-state index in [9.17, 15) is 4.79 Å². The number of likely N-dealkylation sites (tertiary alicyclic amines) is 1. The zero-order valence-electron chi connectivity index (χ0n) is 14.3. The molecule has 1 atom stereocenters. The number of carbonyl (C=O) groups excluding carboxylic acids is 1. The Kier molecular flexibility index (Phi) is 4.13. The normalized spacial score (nSPS) is 17.6. The topological polar surface area (TPSA) is 51.0 Å². The maximum Gasteiger partial charge on any atom is 0.225 e. The maximum atomic E-state index is 12.2. The van der Waals surface area contributed by atoms with E-state index in [4.69, 9.17) is 4.98 Å². The largest absolute Gasteiger partial charge is 0.338 e. The van der Waals surface area contributed by atoms with Crippen molar-refractivity contribution in [2.24, 2.45) is 0 Å². The van der Waals surface area contributed by atoms with Gasteiger partial charge in [0, 0.05) is 42.3 Å². The van der Waals surface area contributed by atoms with E-state index in [1.165, 1.54) is 0 Å². The lowest BCUT2D eigenvalue weighted by Crippen LogP contribution is -2.32. The summed E-state index contributed by atoms with van der Waals surface area (Å²) in [6.45, 7) is 4.85. The van der Waals surface area contributed by atoms with Crippen LogP contribution in [0.1, 0.15) is 26.3 Å². The molecule has 1 saturated heterocycles. The molecule has 1 aliphatic heterocycles. The molecular weight excluding hydrogens is 332 g/mol. The van der Waals surface area contributed by atoms with Gasteiger partial charge in [0.25, 0.3) is 0 Å². The van der Waals surface area contributed by atoms with Gasteiger partial charge in [-0.15, -0.1) is 11.3 Å². The molecule has 1 aliphatic rings. The molecule has 0 unspecified atom stereocenters. The summed E-state index contributed by atoms with van der Waals surface area (Å²) in [6, 6.07) is 10.5. The van der Waals surface area contributed by atoms with E-state index < -0.39 is 0 Å². The van der Waals surface area contributed by atoms with Gasteiger partial charge in [0.15, 0.2) is 10.8 Å². The molecule has 2 aromatic heterocycles. The van der Waals surface area contributed by atoms with Crippen LogP contribution in [-0.2, 0) is 4.79 Å². The van der Waals surface area contributed by atoms with Gasteiger partial charge in [-0.2, -0.15) is 0 Å². The highest BCUT2D eigenvalue weighted by molar-refractivity contribution is 7.13. The number of hydrogen-bond donors (Lipinski definition) is 0. The number of aromatic nitrogens is 3. The standard InChI is InChI=1S/C19H20N4OS/c1-13(2)23-11-15(10-17(23)24)22-9-8-20-18(22)19-21-16(12-25-19)14-6-4-3-5-7-14/h3-9,12-13,15H,10-11H2,1-2H3/t15-/m1/s1. The zero-order valence-corrected chi connectivity index (χ0v) is 15.1. The van der Waals surface area contributed by atoms with Crippen molar-refractivity contribution in [1.29, 1.82) is 0 Å². The number of rotatable bonds is 4. The van der Waals surface area contributed by atoms with Crippen LogP contribution in [0, 0.1) is 0 Å². The SMILES string of the molecule is CC(C)N1C[C@H](n2ccnc2-c2nc(-c3ccccc3)cs2)CC1=O. The molecule has 0 spiro atoms. The highest BCUT2D eigenvalue weighted by Crippen LogP contribution is 2.32. The summed E-state index contributed by atoms with van der Waals surface area (Å²) in [5.41, 5.74) is 2.06. The van der Waals surface area contributed by atoms with Crippen LogP contribution in [0.2, 0.25) is 0 Å². The fourth-order valence-corrected chi connectivity index (χ4v) is 4.12. The summed E-state index contributed by atoms with van der Waals surface area (Å²) in [5, 5.41) is 2.95. The summed E-state index contributed by atoms with van der Waals surface area (Å²) >= 11 is 1.59. The van der Waals surface area contributed by atoms with E-state index >= 15 is 0 Å². The number of amides is 1. The number of hydrogen-bond acceptors (Lipinski definition) is 4. The highest BCUT2D eigenvalue weighted by atomic mass is 32.1. The third-order valence-corrected chi connectivity index (χ3v) is 5.43. The number of nitrogens with zero attached hydrogens (tertiary/aromatic N) is 4. The van der Waals surface area contributed by atoms with E-state index in [2.05, 4.69) is 40.9 Å². The van der Waals surface area contributed by atoms with Crippen molar-refractivity contribution in [1.82, 2.24) is 19.4 Å². The molecule has 0 saturated carbocycles. The van der Waals surface area contributed by atoms with Crippen molar-refractivity contribution < 1.29 is 4.79 Å². The average Bonchev–Trinajstić information content (AvgIpc) is 3.33. The minimum atomic E-state index is 0.122. The number of thiazole rings is 1. The quantitative estimate of drug-likeness (QED) is 0.716. The second kappa shape index (κ2) is 6.44. The van der Waals surface area contributed by atoms with Gasteiger partial charge >= 0.3 is 0 Å². The van der Waals surface area contributed by atoms with Crippen LogP contribution in [0.5, 0.6) is 0 Å². The molecule has 5 nitrogen and oxygen atoms in total. The monoisotopic (exact) mass is 352 g/mol. The molecule has 0 bridgehead atoms. The molecule has 0 aliphatic carbocycles. The van der Waals surface area contributed by atoms with Gasteiger partial charge in [-0.3, -0.25) is 4.79 Å². The van der Waals surface area contributed by atoms with Crippen LogP contribution >= 0.6 is 11.3 Å². The lowest BCUT2D eigenvalue weighted by atomic mass is 10.2. The van der Waals surface area contributed by atoms with Gasteiger partial charge < -0.3 is 9.47 Å². The van der Waals surface area contributed by atoms with Gasteiger partial charge in [0.1, 0.15) is 0 Å². The lowest BCUT2D eigenvalue weighted by molar-refractivity contribution is -0.129. The predicted octanol–water partition coefficient (Wildman–Crippen LogP) is 3.86. The molecule has 0 N–H and O–H groups in total. The first kappa shape index (κ1) is 16.0. The summed E-state index contributed by atoms with van der Waals surface area (Å²) in [5.74, 6) is 1.05. The number of carbonyl (C=O) groups is 1. The van der Waals surface area contributed by atoms with Crippen LogP contribution in [0.25, 0.3) is 22.1 Å². The number of imidazole rings is 1. The molecule has 6 heteroatoms. The van der Waals surface area contributed by atoms with Crippen LogP contribution in [0.4, 0.5) is 0 Å². The Hall–Kier alpha value is -2.47. The third-order valence-electron chi connectivity index (χ3n) is 4.59. The maximum absolute atomic E-state index is 12.2. The van der Waals surface area contributed by atoms with E-state index in [1.807, 2.05) is 29.3 Å². The van der Waals surface area contributed by atoms with E-state index in [0.29, 0.717) is 6.42 Å². The van der Waals surface area contributed by atoms with E-state index in [0.717, 1.165) is 28.6 Å². The molecule has 1 fully saturated rings. The fourth-order valence-electron chi connectivity index (χ4n) is 3.29. The van der Waals surface area contributed by atoms with Crippen LogP contribution in [0.3, 0.4) is 0 Å². The van der Waals surface area contributed by atoms with Crippen molar-refractivity contribution in [3.8, 4) is 22.1 Å². The van der Waals surface area contributed by atoms with Crippen molar-refractivity contribution >= 4 is 17.2 Å². The van der Waals surface area contributed by atoms with Gasteiger partial charge in [-0.25, -0.2) is 9.97 Å². The highest BCUT2D eigenvalue weighted by Gasteiger charge is 2.33. The Balaban J connectivity index is 1.63. The summed E-state index contributed by atoms with van der Waals surface area (Å²) < 4.78 is 2.11. The Bertz CT molecular complexity index is 884. The first-order valence-corrected chi connectivity index (χ1v) is 9.35. The predicted molar refractivity (Wildman–Crippen MR) is 99.3 cm³/mol. The molecule has 1 amide bonds. The smallest absolute Gasteiger partial charge is 0.225 e. The lowest BCUT2D eigenvalue weighted by Gasteiger charge is -2.21. The van der Waals surface area contributed by atoms with Crippen molar-refractivity contribution in [3.05, 3.63) is 48.1 Å². The molecule has 25 heavy (non-hydrogen) atoms. The third kappa shape index (κ3) is 2.98. The Morgan fingerprint density at radius 2 is 2.04 bits per heavy atom. The van der Waals surface area contributed by atoms with Crippen molar-refractivity contribution in [2.45, 2.75) is 32.4 Å². The fraction of sp³-hybridized carbons (Fsp3) is 0.316. The Morgan fingerprint density at radius 3 is 2.76 bits per heavy atom. The Labute approximate surface area is 151 Å². The first-order chi connectivity index (χ1) is 12.1. The summed E-state index contributed by atoms with van der Waals surface area (Å²) in [6.07, 6.45) is 4.28. The average molecular weight is 352 g/mol. The van der Waals surface area contributed by atoms with E-state index in [1.54, 1.807) is 17.5 Å². The van der Waals surface area contributed by atoms with Gasteiger partial charge in [-0.1, -0.05) is 30.3 Å². The number of benzene rings is 1. The van der Waals surface area contributed by atoms with Crippen LogP contribution < -0.4 is 0 Å². The summed E-state index contributed by atoms with van der Waals surface area (Å²) in [4.78, 5) is 23.5. The van der Waals surface area contributed by atoms with Gasteiger partial charge in [0.2, 0.25) is 5.91 Å². The minimum Gasteiger partial charge on any atom is -0.338 e. The van der Waals surface area contributed by atoms with Crippen LogP contribution in [0.15, 0.2) is 48.1 Å². The minimum absolute atomic E-state index is 0.122. The Morgan fingerprint density at radius 1 is 1.24 bits per heavy atom. The second-order valence-corrected chi connectivity index (χ2v) is 7.42. The van der Waals surface area contributed by atoms with Gasteiger partial charge in [-0.05, 0) is 13.8 Å². The zero-order chi connectivity index (χ0) is 17.4. The molecule has 4 rings (SSSR count). The van der Waals surface area contributed by atoms with E-state index in [-0.39, 0.29) is 18.0 Å². The molecule has 3 heterocycles. The molecule has 3 aromatic rings. The second-order valence-electron chi connectivity index (χ2n) is 6.56. The van der Waals surface area contributed by atoms with Crippen molar-refractivity contribution in [2.75, 3.05) is 6.54 Å². The van der Waals surface area contributed by atoms with Crippen LogP contribution in [-0.4, -0.2) is 37.9 Å². The van der Waals surface area contributed by atoms with Gasteiger partial charge in [0.05, 0.1) is 11.7 Å². The molecule has 1 aromatic carbocycles. The molecule has 0 radical (unpaired) electrons. The summed E-state index contributed by atoms with van der Waals surface area (Å²) in [7, 11) is 0.